The number of piperazine rings is 1. The number of nitrogens with one attached hydrogen (secondary N) is 1. The molecular weight excluding hydrogens is 172 g/mol. The molecule has 0 atom stereocenters. The fraction of sp³-hybridized carbons (Fsp3) is 1.00. The molecule has 0 aliphatic carbocycles. The van der Waals surface area contributed by atoms with Crippen LogP contribution < -0.4 is 4.90 Å². The van der Waals surface area contributed by atoms with E-state index >= 15 is 0 Å². The van der Waals surface area contributed by atoms with Gasteiger partial charge >= 0.3 is 0 Å². The van der Waals surface area contributed by atoms with Crippen molar-refractivity contribution in [1.29, 1.82) is 0 Å². The molecule has 0 unspecified atom stereocenters. The van der Waals surface area contributed by atoms with E-state index in [1.54, 1.807) is 0 Å². The lowest BCUT2D eigenvalue weighted by atomic mass is 10.1. The van der Waals surface area contributed by atoms with Crippen LogP contribution in [0.3, 0.4) is 0 Å². The molecule has 0 radical (unpaired) electrons. The van der Waals surface area contributed by atoms with Crippen molar-refractivity contribution in [3.63, 3.8) is 0 Å². The van der Waals surface area contributed by atoms with Crippen LogP contribution in [0.2, 0.25) is 0 Å². The number of likely N-dealkylation sites (N-methyl/N-ethyl adjacent to an activating group) is 1. The van der Waals surface area contributed by atoms with Crippen LogP contribution in [-0.2, 0) is 0 Å². The Morgan fingerprint density at radius 3 is 2.21 bits per heavy atom. The van der Waals surface area contributed by atoms with Gasteiger partial charge in [-0.25, -0.2) is 0 Å². The molecule has 0 saturated carbocycles. The standard InChI is InChI=1S/C12H27N2/c1-5-14(4)10-8-13(9-11-14)7-6-12(2)3/h12H,5-11H2,1-4H3/q+1/p+1. The second-order valence-corrected chi connectivity index (χ2v) is 5.57. The number of nitrogens with zero attached hydrogens (tertiary/aromatic N) is 1. The van der Waals surface area contributed by atoms with E-state index < -0.39 is 0 Å². The SMILES string of the molecule is CC[N+]1(C)CC[NH+](CCC(C)C)CC1. The lowest BCUT2D eigenvalue weighted by Crippen LogP contribution is -3.15. The highest BCUT2D eigenvalue weighted by Gasteiger charge is 2.29. The first kappa shape index (κ1) is 12.0. The summed E-state index contributed by atoms with van der Waals surface area (Å²) in [7, 11) is 2.40. The predicted molar refractivity (Wildman–Crippen MR) is 61.5 cm³/mol. The molecule has 1 heterocycles. The van der Waals surface area contributed by atoms with E-state index in [0.717, 1.165) is 5.92 Å². The summed E-state index contributed by atoms with van der Waals surface area (Å²) in [6.45, 7) is 15.2. The Kier molecular flexibility index (Phi) is 4.39. The van der Waals surface area contributed by atoms with Crippen LogP contribution in [0, 0.1) is 5.92 Å². The highest BCUT2D eigenvalue weighted by atomic mass is 15.4. The van der Waals surface area contributed by atoms with Gasteiger partial charge in [0.15, 0.2) is 0 Å². The fourth-order valence-corrected chi connectivity index (χ4v) is 2.15. The molecule has 0 aromatic heterocycles. The van der Waals surface area contributed by atoms with Gasteiger partial charge in [0.1, 0.15) is 26.2 Å². The minimum absolute atomic E-state index is 0.872. The second-order valence-electron chi connectivity index (χ2n) is 5.57. The highest BCUT2D eigenvalue weighted by molar-refractivity contribution is 4.47. The number of rotatable bonds is 4. The van der Waals surface area contributed by atoms with Gasteiger partial charge in [0.05, 0.1) is 20.1 Å². The molecule has 1 rings (SSSR count). The van der Waals surface area contributed by atoms with Gasteiger partial charge in [-0.1, -0.05) is 13.8 Å². The van der Waals surface area contributed by atoms with Crippen molar-refractivity contribution >= 4 is 0 Å². The van der Waals surface area contributed by atoms with Gasteiger partial charge in [-0.3, -0.25) is 0 Å². The van der Waals surface area contributed by atoms with Crippen LogP contribution in [0.4, 0.5) is 0 Å². The molecule has 0 aromatic carbocycles. The summed E-state index contributed by atoms with van der Waals surface area (Å²) in [5, 5.41) is 0. The molecule has 14 heavy (non-hydrogen) atoms. The summed E-state index contributed by atoms with van der Waals surface area (Å²) in [6, 6.07) is 0. The first-order valence-corrected chi connectivity index (χ1v) is 6.23. The smallest absolute Gasteiger partial charge is 0.128 e. The van der Waals surface area contributed by atoms with Crippen LogP contribution in [0.25, 0.3) is 0 Å². The largest absolute Gasteiger partial charge is 0.326 e. The minimum atomic E-state index is 0.872. The molecule has 0 spiro atoms. The van der Waals surface area contributed by atoms with E-state index in [9.17, 15) is 0 Å². The zero-order valence-electron chi connectivity index (χ0n) is 10.5. The predicted octanol–water partition coefficient (Wildman–Crippen LogP) is 0.398. The maximum absolute atomic E-state index is 2.40. The third-order valence-electron chi connectivity index (χ3n) is 3.85. The number of hydrogen-bond acceptors (Lipinski definition) is 0. The van der Waals surface area contributed by atoms with Gasteiger partial charge in [-0.2, -0.15) is 0 Å². The summed E-state index contributed by atoms with van der Waals surface area (Å²) in [5.74, 6) is 0.872. The Balaban J connectivity index is 2.22. The molecule has 1 aliphatic heterocycles. The summed E-state index contributed by atoms with van der Waals surface area (Å²) in [5.41, 5.74) is 0. The van der Waals surface area contributed by atoms with Gasteiger partial charge < -0.3 is 9.38 Å². The van der Waals surface area contributed by atoms with Gasteiger partial charge in [0.25, 0.3) is 0 Å². The lowest BCUT2D eigenvalue weighted by Gasteiger charge is -2.39. The summed E-state index contributed by atoms with van der Waals surface area (Å²) in [6.07, 6.45) is 1.39. The van der Waals surface area contributed by atoms with E-state index in [4.69, 9.17) is 0 Å². The molecular formula is C12H28N2+2. The first-order chi connectivity index (χ1) is 6.56. The highest BCUT2D eigenvalue weighted by Crippen LogP contribution is 2.01. The Morgan fingerprint density at radius 2 is 1.79 bits per heavy atom. The molecule has 2 heteroatoms. The van der Waals surface area contributed by atoms with Crippen molar-refractivity contribution in [2.45, 2.75) is 27.2 Å². The van der Waals surface area contributed by atoms with E-state index in [-0.39, 0.29) is 0 Å². The van der Waals surface area contributed by atoms with Crippen molar-refractivity contribution in [2.24, 2.45) is 5.92 Å². The molecule has 0 aromatic rings. The van der Waals surface area contributed by atoms with Gasteiger partial charge in [-0.05, 0) is 19.3 Å². The molecule has 84 valence electrons. The summed E-state index contributed by atoms with van der Waals surface area (Å²) < 4.78 is 1.30. The van der Waals surface area contributed by atoms with Crippen molar-refractivity contribution in [2.75, 3.05) is 46.3 Å². The minimum Gasteiger partial charge on any atom is -0.326 e. The van der Waals surface area contributed by atoms with Crippen LogP contribution in [0.1, 0.15) is 27.2 Å². The Morgan fingerprint density at radius 1 is 1.21 bits per heavy atom. The van der Waals surface area contributed by atoms with E-state index in [0.29, 0.717) is 0 Å². The quantitative estimate of drug-likeness (QED) is 0.627. The summed E-state index contributed by atoms with van der Waals surface area (Å²) >= 11 is 0. The topological polar surface area (TPSA) is 4.44 Å². The fourth-order valence-electron chi connectivity index (χ4n) is 2.15. The summed E-state index contributed by atoms with van der Waals surface area (Å²) in [4.78, 5) is 1.84. The van der Waals surface area contributed by atoms with Crippen molar-refractivity contribution in [3.05, 3.63) is 0 Å². The van der Waals surface area contributed by atoms with Crippen LogP contribution in [-0.4, -0.2) is 50.8 Å². The maximum Gasteiger partial charge on any atom is 0.128 e. The van der Waals surface area contributed by atoms with E-state index in [2.05, 4.69) is 27.8 Å². The van der Waals surface area contributed by atoms with Crippen molar-refractivity contribution in [1.82, 2.24) is 0 Å². The molecule has 1 fully saturated rings. The molecule has 0 bridgehead atoms. The van der Waals surface area contributed by atoms with Crippen LogP contribution in [0.15, 0.2) is 0 Å². The number of quaternary nitrogens is 2. The molecule has 1 saturated heterocycles. The van der Waals surface area contributed by atoms with E-state index in [1.165, 1.54) is 50.2 Å². The Bertz CT molecular complexity index is 158. The third kappa shape index (κ3) is 3.58. The van der Waals surface area contributed by atoms with Gasteiger partial charge in [0, 0.05) is 0 Å². The van der Waals surface area contributed by atoms with Crippen LogP contribution in [0.5, 0.6) is 0 Å². The molecule has 1 aliphatic rings. The zero-order chi connectivity index (χ0) is 10.6. The first-order valence-electron chi connectivity index (χ1n) is 6.23. The van der Waals surface area contributed by atoms with Gasteiger partial charge in [-0.15, -0.1) is 0 Å². The third-order valence-corrected chi connectivity index (χ3v) is 3.85. The average Bonchev–Trinajstić information content (AvgIpc) is 2.17. The molecule has 1 N–H and O–H groups in total. The Hall–Kier alpha value is -0.0800. The lowest BCUT2D eigenvalue weighted by molar-refractivity contribution is -1.01. The average molecular weight is 200 g/mol. The van der Waals surface area contributed by atoms with Gasteiger partial charge in [0.2, 0.25) is 0 Å². The number of hydrogen-bond donors (Lipinski definition) is 1. The van der Waals surface area contributed by atoms with E-state index in [1.807, 2.05) is 4.90 Å². The van der Waals surface area contributed by atoms with Crippen LogP contribution >= 0.6 is 0 Å². The second kappa shape index (κ2) is 5.13. The zero-order valence-corrected chi connectivity index (χ0v) is 10.5. The van der Waals surface area contributed by atoms with Crippen molar-refractivity contribution in [3.8, 4) is 0 Å². The normalized spacial score (nSPS) is 33.6. The molecule has 2 nitrogen and oxygen atoms in total. The molecule has 0 amide bonds. The Labute approximate surface area is 89.5 Å². The maximum atomic E-state index is 2.40. The van der Waals surface area contributed by atoms with Crippen molar-refractivity contribution < 1.29 is 9.38 Å². The monoisotopic (exact) mass is 200 g/mol.